The van der Waals surface area contributed by atoms with Crippen LogP contribution in [0.5, 0.6) is 5.75 Å². The lowest BCUT2D eigenvalue weighted by molar-refractivity contribution is -0.141. The normalized spacial score (nSPS) is 20.8. The van der Waals surface area contributed by atoms with E-state index < -0.39 is 18.0 Å². The van der Waals surface area contributed by atoms with Crippen molar-refractivity contribution in [2.24, 2.45) is 0 Å². The molecule has 0 N–H and O–H groups in total. The molecule has 0 saturated carbocycles. The van der Waals surface area contributed by atoms with Crippen LogP contribution in [0, 0.1) is 5.82 Å². The number of rotatable bonds is 0. The van der Waals surface area contributed by atoms with Gasteiger partial charge in [-0.15, -0.1) is 0 Å². The van der Waals surface area contributed by atoms with E-state index in [1.807, 2.05) is 0 Å². The fourth-order valence-corrected chi connectivity index (χ4v) is 1.27. The van der Waals surface area contributed by atoms with E-state index in [1.54, 1.807) is 0 Å². The number of carbonyl (C=O) groups excluding carboxylic acids is 1. The van der Waals surface area contributed by atoms with Crippen LogP contribution in [0.1, 0.15) is 5.56 Å². The smallest absolute Gasteiger partial charge is 0.346 e. The summed E-state index contributed by atoms with van der Waals surface area (Å²) in [5, 5.41) is 0. The minimum atomic E-state index is -1.75. The number of hydrogen-bond acceptors (Lipinski definition) is 2. The number of benzene rings is 1. The first kappa shape index (κ1) is 8.16. The largest absolute Gasteiger partial charge is 0.424 e. The van der Waals surface area contributed by atoms with E-state index in [-0.39, 0.29) is 17.7 Å². The zero-order chi connectivity index (χ0) is 9.42. The molecule has 13 heavy (non-hydrogen) atoms. The summed E-state index contributed by atoms with van der Waals surface area (Å²) in [6.45, 7) is 0. The quantitative estimate of drug-likeness (QED) is 0.452. The Morgan fingerprint density at radius 2 is 2.23 bits per heavy atom. The van der Waals surface area contributed by atoms with E-state index in [9.17, 15) is 13.6 Å². The predicted molar refractivity (Wildman–Crippen MR) is 40.6 cm³/mol. The Labute approximate surface area is 73.1 Å². The first-order valence-electron chi connectivity index (χ1n) is 3.81. The van der Waals surface area contributed by atoms with Crippen molar-refractivity contribution in [2.75, 3.05) is 0 Å². The Morgan fingerprint density at radius 3 is 3.00 bits per heavy atom. The first-order chi connectivity index (χ1) is 6.18. The molecule has 0 fully saturated rings. The maximum atomic E-state index is 13.0. The van der Waals surface area contributed by atoms with Crippen LogP contribution >= 0.6 is 0 Å². The fourth-order valence-electron chi connectivity index (χ4n) is 1.27. The summed E-state index contributed by atoms with van der Waals surface area (Å²) in [4.78, 5) is 10.7. The maximum Gasteiger partial charge on any atom is 0.346 e. The summed E-state index contributed by atoms with van der Waals surface area (Å²) >= 11 is 0. The molecule has 0 saturated heterocycles. The van der Waals surface area contributed by atoms with Gasteiger partial charge in [0.15, 0.2) is 0 Å². The van der Waals surface area contributed by atoms with Crippen LogP contribution in [0.4, 0.5) is 8.78 Å². The van der Waals surface area contributed by atoms with Gasteiger partial charge >= 0.3 is 5.97 Å². The summed E-state index contributed by atoms with van der Waals surface area (Å²) in [5.41, 5.74) is 0.134. The number of ether oxygens (including phenoxy) is 1. The van der Waals surface area contributed by atoms with Crippen molar-refractivity contribution in [3.8, 4) is 5.75 Å². The van der Waals surface area contributed by atoms with Gasteiger partial charge in [-0.25, -0.2) is 13.6 Å². The van der Waals surface area contributed by atoms with Crippen LogP contribution in [0.15, 0.2) is 18.2 Å². The Morgan fingerprint density at radius 1 is 1.46 bits per heavy atom. The van der Waals surface area contributed by atoms with Crippen molar-refractivity contribution >= 4 is 5.97 Å². The highest BCUT2D eigenvalue weighted by Crippen LogP contribution is 2.28. The second-order valence-corrected chi connectivity index (χ2v) is 2.81. The molecule has 0 spiro atoms. The standard InChI is InChI=1S/C9H6F2O2/c10-6-2-1-3-8-5(6)4-7(11)9(12)13-8/h1-3,7H,4H2. The highest BCUT2D eigenvalue weighted by atomic mass is 19.1. The van der Waals surface area contributed by atoms with Crippen LogP contribution in [-0.4, -0.2) is 12.1 Å². The van der Waals surface area contributed by atoms with Gasteiger partial charge in [-0.1, -0.05) is 6.07 Å². The molecule has 4 heteroatoms. The third-order valence-corrected chi connectivity index (χ3v) is 1.93. The van der Waals surface area contributed by atoms with Gasteiger partial charge < -0.3 is 4.74 Å². The molecule has 0 aromatic heterocycles. The number of fused-ring (bicyclic) bond motifs is 1. The van der Waals surface area contributed by atoms with Gasteiger partial charge in [-0.2, -0.15) is 0 Å². The van der Waals surface area contributed by atoms with Crippen LogP contribution in [-0.2, 0) is 11.2 Å². The van der Waals surface area contributed by atoms with Gasteiger partial charge in [0.2, 0.25) is 6.17 Å². The minimum Gasteiger partial charge on any atom is -0.424 e. The fraction of sp³-hybridized carbons (Fsp3) is 0.222. The van der Waals surface area contributed by atoms with E-state index in [0.717, 1.165) is 0 Å². The molecular formula is C9H6F2O2. The summed E-state index contributed by atoms with van der Waals surface area (Å²) in [6.07, 6.45) is -1.98. The molecule has 68 valence electrons. The summed E-state index contributed by atoms with van der Waals surface area (Å²) in [7, 11) is 0. The molecule has 0 aliphatic carbocycles. The molecule has 1 heterocycles. The Hall–Kier alpha value is -1.45. The van der Waals surface area contributed by atoms with E-state index in [2.05, 4.69) is 4.74 Å². The molecule has 1 aromatic carbocycles. The van der Waals surface area contributed by atoms with E-state index in [1.165, 1.54) is 18.2 Å². The summed E-state index contributed by atoms with van der Waals surface area (Å²) in [5.74, 6) is -1.36. The Kier molecular flexibility index (Phi) is 1.76. The molecule has 1 atom stereocenters. The summed E-state index contributed by atoms with van der Waals surface area (Å²) in [6, 6.07) is 4.08. The topological polar surface area (TPSA) is 26.3 Å². The average molecular weight is 184 g/mol. The minimum absolute atomic E-state index is 0.124. The monoisotopic (exact) mass is 184 g/mol. The van der Waals surface area contributed by atoms with Crippen LogP contribution in [0.3, 0.4) is 0 Å². The SMILES string of the molecule is O=C1Oc2cccc(F)c2CC1F. The van der Waals surface area contributed by atoms with E-state index in [4.69, 9.17) is 0 Å². The summed E-state index contributed by atoms with van der Waals surface area (Å²) < 4.78 is 30.4. The van der Waals surface area contributed by atoms with Gasteiger partial charge in [0.1, 0.15) is 11.6 Å². The third kappa shape index (κ3) is 1.28. The van der Waals surface area contributed by atoms with E-state index in [0.29, 0.717) is 0 Å². The zero-order valence-corrected chi connectivity index (χ0v) is 6.59. The first-order valence-corrected chi connectivity index (χ1v) is 3.81. The van der Waals surface area contributed by atoms with Gasteiger partial charge in [-0.3, -0.25) is 0 Å². The lowest BCUT2D eigenvalue weighted by Gasteiger charge is -2.18. The van der Waals surface area contributed by atoms with Crippen LogP contribution < -0.4 is 4.74 Å². The number of carbonyl (C=O) groups is 1. The van der Waals surface area contributed by atoms with Crippen molar-refractivity contribution < 1.29 is 18.3 Å². The molecule has 0 radical (unpaired) electrons. The third-order valence-electron chi connectivity index (χ3n) is 1.93. The molecular weight excluding hydrogens is 178 g/mol. The molecule has 1 aliphatic rings. The second kappa shape index (κ2) is 2.80. The molecule has 0 amide bonds. The van der Waals surface area contributed by atoms with Gasteiger partial charge in [0.25, 0.3) is 0 Å². The van der Waals surface area contributed by atoms with Crippen molar-refractivity contribution in [3.63, 3.8) is 0 Å². The van der Waals surface area contributed by atoms with E-state index >= 15 is 0 Å². The Balaban J connectivity index is 2.48. The van der Waals surface area contributed by atoms with Crippen LogP contribution in [0.2, 0.25) is 0 Å². The molecule has 1 unspecified atom stereocenters. The van der Waals surface area contributed by atoms with Gasteiger partial charge in [0, 0.05) is 12.0 Å². The molecule has 2 rings (SSSR count). The van der Waals surface area contributed by atoms with Crippen molar-refractivity contribution in [3.05, 3.63) is 29.6 Å². The number of alkyl halides is 1. The highest BCUT2D eigenvalue weighted by Gasteiger charge is 2.29. The Bertz CT molecular complexity index is 363. The lowest BCUT2D eigenvalue weighted by Crippen LogP contribution is -2.29. The average Bonchev–Trinajstić information content (AvgIpc) is 2.09. The molecule has 1 aromatic rings. The van der Waals surface area contributed by atoms with Crippen LogP contribution in [0.25, 0.3) is 0 Å². The molecule has 2 nitrogen and oxygen atoms in total. The van der Waals surface area contributed by atoms with Gasteiger partial charge in [-0.05, 0) is 12.1 Å². The van der Waals surface area contributed by atoms with Crippen molar-refractivity contribution in [1.29, 1.82) is 0 Å². The lowest BCUT2D eigenvalue weighted by atomic mass is 10.0. The van der Waals surface area contributed by atoms with Gasteiger partial charge in [0.05, 0.1) is 0 Å². The maximum absolute atomic E-state index is 13.0. The van der Waals surface area contributed by atoms with Crippen molar-refractivity contribution in [2.45, 2.75) is 12.6 Å². The number of halogens is 2. The molecule has 1 aliphatic heterocycles. The number of esters is 1. The second-order valence-electron chi connectivity index (χ2n) is 2.81. The van der Waals surface area contributed by atoms with Crippen molar-refractivity contribution in [1.82, 2.24) is 0 Å². The zero-order valence-electron chi connectivity index (χ0n) is 6.59. The predicted octanol–water partition coefficient (Wildman–Crippen LogP) is 1.63. The molecule has 0 bridgehead atoms. The number of hydrogen-bond donors (Lipinski definition) is 0. The highest BCUT2D eigenvalue weighted by molar-refractivity contribution is 5.79.